The van der Waals surface area contributed by atoms with Crippen molar-refractivity contribution in [1.82, 2.24) is 10.3 Å². The summed E-state index contributed by atoms with van der Waals surface area (Å²) >= 11 is 0. The molecule has 21 heavy (non-hydrogen) atoms. The Labute approximate surface area is 121 Å². The zero-order valence-electron chi connectivity index (χ0n) is 11.2. The van der Waals surface area contributed by atoms with Gasteiger partial charge in [-0.2, -0.15) is 0 Å². The molecule has 5 N–H and O–H groups in total. The van der Waals surface area contributed by atoms with Gasteiger partial charge < -0.3 is 15.6 Å². The molecule has 0 spiro atoms. The first-order valence-corrected chi connectivity index (χ1v) is 7.46. The summed E-state index contributed by atoms with van der Waals surface area (Å²) in [5, 5.41) is 8.50. The number of nitrogens with one attached hydrogen (secondary N) is 2. The highest BCUT2D eigenvalue weighted by Gasteiger charge is 2.17. The summed E-state index contributed by atoms with van der Waals surface area (Å²) < 4.78 is 27.3. The lowest BCUT2D eigenvalue weighted by molar-refractivity contribution is -0.139. The van der Waals surface area contributed by atoms with Crippen molar-refractivity contribution < 1.29 is 32.6 Å². The van der Waals surface area contributed by atoms with E-state index in [4.69, 9.17) is 10.8 Å². The third kappa shape index (κ3) is 9.54. The third-order valence-corrected chi connectivity index (χ3v) is 3.19. The monoisotopic (exact) mass is 323 g/mol. The second kappa shape index (κ2) is 9.05. The van der Waals surface area contributed by atoms with Crippen LogP contribution in [0.3, 0.4) is 0 Å². The van der Waals surface area contributed by atoms with E-state index in [9.17, 15) is 22.8 Å². The molecule has 0 bridgehead atoms. The Hall–Kier alpha value is -1.98. The van der Waals surface area contributed by atoms with Crippen molar-refractivity contribution in [3.8, 4) is 0 Å². The van der Waals surface area contributed by atoms with E-state index < -0.39 is 39.7 Å². The van der Waals surface area contributed by atoms with Crippen molar-refractivity contribution in [2.24, 2.45) is 5.73 Å². The van der Waals surface area contributed by atoms with E-state index in [0.717, 1.165) is 12.2 Å². The number of esters is 1. The van der Waals surface area contributed by atoms with Gasteiger partial charge in [0, 0.05) is 12.2 Å². The highest BCUT2D eigenvalue weighted by atomic mass is 32.2. The van der Waals surface area contributed by atoms with Crippen LogP contribution in [0.4, 0.5) is 0 Å². The first kappa shape index (κ1) is 19.0. The van der Waals surface area contributed by atoms with Gasteiger partial charge in [-0.25, -0.2) is 13.2 Å². The quantitative estimate of drug-likeness (QED) is 0.212. The highest BCUT2D eigenvalue weighted by molar-refractivity contribution is 7.89. The number of carboxylic acids is 1. The summed E-state index contributed by atoms with van der Waals surface area (Å²) in [6.07, 6.45) is 1.29. The molecule has 0 rings (SSSR count). The summed E-state index contributed by atoms with van der Waals surface area (Å²) in [7, 11) is -3.93. The lowest BCUT2D eigenvalue weighted by atomic mass is 10.2. The van der Waals surface area contributed by atoms with Crippen molar-refractivity contribution >= 4 is 27.9 Å². The van der Waals surface area contributed by atoms with Gasteiger partial charge in [0.2, 0.25) is 10.0 Å². The van der Waals surface area contributed by atoms with Gasteiger partial charge in [0.05, 0.1) is 12.4 Å². The molecule has 0 aliphatic carbocycles. The summed E-state index contributed by atoms with van der Waals surface area (Å²) in [6.45, 7) is 1.73. The molecule has 0 aliphatic heterocycles. The average molecular weight is 323 g/mol. The molecular formula is C10H17N3O7S. The van der Waals surface area contributed by atoms with Crippen LogP contribution in [0.5, 0.6) is 0 Å². The Morgan fingerprint density at radius 3 is 2.48 bits per heavy atom. The normalized spacial score (nSPS) is 12.9. The molecule has 120 valence electrons. The van der Waals surface area contributed by atoms with Crippen LogP contribution in [0, 0.1) is 0 Å². The number of hydrazine groups is 1. The van der Waals surface area contributed by atoms with Crippen LogP contribution in [0.1, 0.15) is 13.3 Å². The average Bonchev–Trinajstić information content (AvgIpc) is 2.40. The van der Waals surface area contributed by atoms with Crippen molar-refractivity contribution in [1.29, 1.82) is 0 Å². The fourth-order valence-electron chi connectivity index (χ4n) is 0.960. The molecule has 0 aromatic heterocycles. The number of sulfonamides is 1. The Morgan fingerprint density at radius 1 is 1.33 bits per heavy atom. The van der Waals surface area contributed by atoms with Gasteiger partial charge in [-0.3, -0.25) is 15.0 Å². The first-order chi connectivity index (χ1) is 9.68. The molecule has 11 heteroatoms. The minimum Gasteiger partial charge on any atom is -0.480 e. The van der Waals surface area contributed by atoms with Crippen LogP contribution >= 0.6 is 0 Å². The summed E-state index contributed by atoms with van der Waals surface area (Å²) in [5.74, 6) is -3.55. The van der Waals surface area contributed by atoms with Gasteiger partial charge in [0.25, 0.3) is 5.91 Å². The van der Waals surface area contributed by atoms with E-state index in [2.05, 4.69) is 4.74 Å². The predicted octanol–water partition coefficient (Wildman–Crippen LogP) is -2.14. The van der Waals surface area contributed by atoms with Crippen LogP contribution in [0.25, 0.3) is 0 Å². The van der Waals surface area contributed by atoms with Crippen molar-refractivity contribution in [2.75, 3.05) is 12.4 Å². The van der Waals surface area contributed by atoms with E-state index in [1.807, 2.05) is 5.43 Å². The number of hydrogen-bond acceptors (Lipinski definition) is 7. The number of hydrogen-bond donors (Lipinski definition) is 4. The number of carboxylic acid groups (broad SMARTS) is 1. The molecular weight excluding hydrogens is 306 g/mol. The van der Waals surface area contributed by atoms with Crippen LogP contribution in [0.15, 0.2) is 12.2 Å². The zero-order chi connectivity index (χ0) is 16.5. The van der Waals surface area contributed by atoms with E-state index >= 15 is 0 Å². The predicted molar refractivity (Wildman–Crippen MR) is 71.1 cm³/mol. The van der Waals surface area contributed by atoms with Gasteiger partial charge >= 0.3 is 11.9 Å². The van der Waals surface area contributed by atoms with Crippen LogP contribution in [-0.4, -0.2) is 49.8 Å². The topological polar surface area (TPSA) is 165 Å². The van der Waals surface area contributed by atoms with Gasteiger partial charge in [0.15, 0.2) is 0 Å². The van der Waals surface area contributed by atoms with Crippen LogP contribution in [-0.2, 0) is 29.1 Å². The Morgan fingerprint density at radius 2 is 1.95 bits per heavy atom. The summed E-state index contributed by atoms with van der Waals surface area (Å²) in [5.41, 5.74) is 6.96. The molecule has 0 saturated carbocycles. The lowest BCUT2D eigenvalue weighted by Gasteiger charge is -2.08. The molecule has 1 atom stereocenters. The SMILES string of the molecule is CCOC(=O)/C=C\C(=O)NNS(=O)(=O)CC[C@@H](N)C(=O)O. The van der Waals surface area contributed by atoms with E-state index in [-0.39, 0.29) is 13.0 Å². The zero-order valence-corrected chi connectivity index (χ0v) is 12.1. The van der Waals surface area contributed by atoms with Crippen molar-refractivity contribution in [3.05, 3.63) is 12.2 Å². The van der Waals surface area contributed by atoms with E-state index in [0.29, 0.717) is 0 Å². The number of carbonyl (C=O) groups is 3. The maximum Gasteiger partial charge on any atom is 0.330 e. The third-order valence-electron chi connectivity index (χ3n) is 2.00. The number of carbonyl (C=O) groups excluding carboxylic acids is 2. The number of amides is 1. The van der Waals surface area contributed by atoms with Gasteiger partial charge in [0.1, 0.15) is 6.04 Å². The van der Waals surface area contributed by atoms with E-state index in [1.165, 1.54) is 0 Å². The van der Waals surface area contributed by atoms with Crippen molar-refractivity contribution in [3.63, 3.8) is 0 Å². The lowest BCUT2D eigenvalue weighted by Crippen LogP contribution is -2.43. The first-order valence-electron chi connectivity index (χ1n) is 5.80. The molecule has 0 fully saturated rings. The molecule has 0 radical (unpaired) electrons. The minimum atomic E-state index is -3.93. The Balaban J connectivity index is 4.22. The standard InChI is InChI=1S/C10H17N3O7S/c1-2-20-9(15)4-3-8(14)12-13-21(18,19)6-5-7(11)10(16)17/h3-4,7,13H,2,5-6,11H2,1H3,(H,12,14)(H,16,17)/b4-3-/t7-/m1/s1. The number of ether oxygens (including phenoxy) is 1. The molecule has 0 heterocycles. The summed E-state index contributed by atoms with van der Waals surface area (Å²) in [4.78, 5) is 34.2. The van der Waals surface area contributed by atoms with Gasteiger partial charge in [-0.1, -0.05) is 0 Å². The summed E-state index contributed by atoms with van der Waals surface area (Å²) in [6, 6.07) is -1.32. The molecule has 0 aromatic carbocycles. The molecule has 0 aromatic rings. The van der Waals surface area contributed by atoms with E-state index in [1.54, 1.807) is 11.8 Å². The maximum absolute atomic E-state index is 11.4. The number of rotatable bonds is 9. The second-order valence-electron chi connectivity index (χ2n) is 3.73. The minimum absolute atomic E-state index is 0.140. The largest absolute Gasteiger partial charge is 0.480 e. The molecule has 0 unspecified atom stereocenters. The smallest absolute Gasteiger partial charge is 0.330 e. The molecule has 0 aliphatic rings. The number of aliphatic carboxylic acids is 1. The van der Waals surface area contributed by atoms with Crippen LogP contribution < -0.4 is 16.0 Å². The van der Waals surface area contributed by atoms with Crippen LogP contribution in [0.2, 0.25) is 0 Å². The Bertz CT molecular complexity index is 515. The molecule has 10 nitrogen and oxygen atoms in total. The fraction of sp³-hybridized carbons (Fsp3) is 0.500. The second-order valence-corrected chi connectivity index (χ2v) is 5.57. The maximum atomic E-state index is 11.4. The highest BCUT2D eigenvalue weighted by Crippen LogP contribution is 1.93. The van der Waals surface area contributed by atoms with Crippen molar-refractivity contribution in [2.45, 2.75) is 19.4 Å². The van der Waals surface area contributed by atoms with Gasteiger partial charge in [-0.05, 0) is 13.3 Å². The Kier molecular flexibility index (Phi) is 8.19. The number of nitrogens with two attached hydrogens (primary N) is 1. The molecule has 0 saturated heterocycles. The fourth-order valence-corrected chi connectivity index (χ4v) is 1.88. The molecule has 1 amide bonds. The van der Waals surface area contributed by atoms with Gasteiger partial charge in [-0.15, -0.1) is 4.83 Å².